The van der Waals surface area contributed by atoms with E-state index in [9.17, 15) is 13.0 Å². The smallest absolute Gasteiger partial charge is 0.331 e. The molecule has 0 spiro atoms. The fourth-order valence-corrected chi connectivity index (χ4v) is 4.53. The van der Waals surface area contributed by atoms with Gasteiger partial charge >= 0.3 is 36.1 Å². The molecule has 0 N–H and O–H groups in total. The molecule has 0 radical (unpaired) electrons. The molecule has 8 bridgehead atoms. The van der Waals surface area contributed by atoms with Crippen molar-refractivity contribution in [2.75, 3.05) is 40.4 Å². The average molecular weight is 660 g/mol. The maximum absolute atomic E-state index is 11.2. The Labute approximate surface area is 265 Å². The molecule has 0 aliphatic carbocycles. The zero-order valence-corrected chi connectivity index (χ0v) is 26.8. The monoisotopic (exact) mass is 659 g/mol. The van der Waals surface area contributed by atoms with E-state index in [-0.39, 0.29) is 59.1 Å². The Hall–Kier alpha value is -5.07. The second kappa shape index (κ2) is 14.8. The van der Waals surface area contributed by atoms with E-state index >= 15 is 0 Å². The van der Waals surface area contributed by atoms with Crippen LogP contribution in [-0.2, 0) is 10.4 Å². The summed E-state index contributed by atoms with van der Waals surface area (Å²) in [7, 11) is -2.51. The van der Waals surface area contributed by atoms with Crippen LogP contribution >= 0.6 is 0 Å². The lowest BCUT2D eigenvalue weighted by Crippen LogP contribution is -2.47. The Bertz CT molecular complexity index is 1650. The molecule has 18 heteroatoms. The SMILES string of the molecule is CC[N+](CC)(CC)CC.COc1nc2nc(n1)Oc1cc(cc(OS(=O)(=O)[O-])c1)Oc1nc(OC)nc(n1)Oc1cccc(c1)O2. The van der Waals surface area contributed by atoms with Gasteiger partial charge in [0.1, 0.15) is 28.7 Å². The summed E-state index contributed by atoms with van der Waals surface area (Å²) < 4.78 is 72.1. The highest BCUT2D eigenvalue weighted by atomic mass is 32.3. The van der Waals surface area contributed by atoms with E-state index in [0.29, 0.717) is 0 Å². The van der Waals surface area contributed by atoms with Crippen molar-refractivity contribution >= 4 is 10.4 Å². The highest BCUT2D eigenvalue weighted by molar-refractivity contribution is 7.81. The number of aromatic nitrogens is 6. The minimum Gasteiger partial charge on any atom is -0.716 e. The van der Waals surface area contributed by atoms with Crippen molar-refractivity contribution < 1.29 is 50.1 Å². The number of ether oxygens (including phenoxy) is 6. The molecule has 3 heterocycles. The van der Waals surface area contributed by atoms with Gasteiger partial charge in [0, 0.05) is 24.3 Å². The van der Waals surface area contributed by atoms with Gasteiger partial charge in [-0.3, -0.25) is 0 Å². The first kappa shape index (κ1) is 33.8. The first-order chi connectivity index (χ1) is 22.0. The molecule has 0 fully saturated rings. The summed E-state index contributed by atoms with van der Waals surface area (Å²) in [4.78, 5) is 24.1. The third-order valence-electron chi connectivity index (χ3n) is 6.89. The van der Waals surface area contributed by atoms with Crippen molar-refractivity contribution in [1.82, 2.24) is 29.9 Å². The minimum absolute atomic E-state index is 0.109. The van der Waals surface area contributed by atoms with Gasteiger partial charge in [-0.15, -0.1) is 29.9 Å². The minimum atomic E-state index is -5.15. The van der Waals surface area contributed by atoms with Crippen LogP contribution in [0.25, 0.3) is 0 Å². The number of hydrogen-bond donors (Lipinski definition) is 0. The van der Waals surface area contributed by atoms with Crippen molar-refractivity contribution in [3.63, 3.8) is 0 Å². The third-order valence-corrected chi connectivity index (χ3v) is 7.29. The van der Waals surface area contributed by atoms with Gasteiger partial charge in [-0.1, -0.05) is 6.07 Å². The number of quaternary nitrogens is 1. The molecule has 2 aromatic heterocycles. The predicted molar refractivity (Wildman–Crippen MR) is 159 cm³/mol. The van der Waals surface area contributed by atoms with E-state index in [1.54, 1.807) is 18.2 Å². The zero-order chi connectivity index (χ0) is 33.3. The van der Waals surface area contributed by atoms with Gasteiger partial charge in [0.15, 0.2) is 0 Å². The highest BCUT2D eigenvalue weighted by Crippen LogP contribution is 2.35. The molecule has 0 saturated carbocycles. The largest absolute Gasteiger partial charge is 0.716 e. The molecule has 46 heavy (non-hydrogen) atoms. The summed E-state index contributed by atoms with van der Waals surface area (Å²) in [5.41, 5.74) is 0. The van der Waals surface area contributed by atoms with Crippen molar-refractivity contribution in [2.45, 2.75) is 27.7 Å². The summed E-state index contributed by atoms with van der Waals surface area (Å²) in [6, 6.07) is 8.45. The van der Waals surface area contributed by atoms with Crippen molar-refractivity contribution in [2.24, 2.45) is 0 Å². The molecule has 0 unspecified atom stereocenters. The summed E-state index contributed by atoms with van der Waals surface area (Å²) >= 11 is 0. The number of hydrogen-bond acceptors (Lipinski definition) is 16. The highest BCUT2D eigenvalue weighted by Gasteiger charge is 2.18. The van der Waals surface area contributed by atoms with Crippen LogP contribution in [-0.4, -0.2) is 87.8 Å². The van der Waals surface area contributed by atoms with E-state index in [2.05, 4.69) is 61.8 Å². The quantitative estimate of drug-likeness (QED) is 0.130. The Morgan fingerprint density at radius 3 is 1.33 bits per heavy atom. The summed E-state index contributed by atoms with van der Waals surface area (Å²) in [5, 5.41) is 0. The number of methoxy groups -OCH3 is 2. The molecule has 2 aromatic carbocycles. The lowest BCUT2D eigenvalue weighted by atomic mass is 10.3. The fraction of sp³-hybridized carbons (Fsp3) is 0.357. The first-order valence-electron chi connectivity index (χ1n) is 14.1. The van der Waals surface area contributed by atoms with Crippen LogP contribution in [0.4, 0.5) is 0 Å². The van der Waals surface area contributed by atoms with Crippen LogP contribution in [0.15, 0.2) is 42.5 Å². The van der Waals surface area contributed by atoms with Crippen molar-refractivity contribution in [3.05, 3.63) is 42.5 Å². The molecule has 246 valence electrons. The van der Waals surface area contributed by atoms with E-state index < -0.39 is 16.1 Å². The number of rotatable bonds is 8. The van der Waals surface area contributed by atoms with Crippen LogP contribution in [0.1, 0.15) is 27.7 Å². The second-order valence-electron chi connectivity index (χ2n) is 9.40. The van der Waals surface area contributed by atoms with Crippen LogP contribution < -0.4 is 32.6 Å². The zero-order valence-electron chi connectivity index (χ0n) is 26.0. The normalized spacial score (nSPS) is 12.2. The number of nitrogens with zero attached hydrogens (tertiary/aromatic N) is 7. The molecule has 5 rings (SSSR count). The summed E-state index contributed by atoms with van der Waals surface area (Å²) in [6.45, 7) is 14.2. The van der Waals surface area contributed by atoms with Crippen LogP contribution in [0, 0.1) is 0 Å². The lowest BCUT2D eigenvalue weighted by molar-refractivity contribution is -0.921. The van der Waals surface area contributed by atoms with Crippen molar-refractivity contribution in [1.29, 1.82) is 0 Å². The van der Waals surface area contributed by atoms with Crippen LogP contribution in [0.3, 0.4) is 0 Å². The topological polar surface area (TPSA) is 199 Å². The molecule has 17 nitrogen and oxygen atoms in total. The van der Waals surface area contributed by atoms with Gasteiger partial charge in [0.05, 0.1) is 40.4 Å². The van der Waals surface area contributed by atoms with E-state index in [1.165, 1.54) is 57.0 Å². The molecular weight excluding hydrogens is 626 g/mol. The maximum Gasteiger partial charge on any atom is 0.331 e. The average Bonchev–Trinajstić information content (AvgIpc) is 3.01. The molecule has 0 atom stereocenters. The van der Waals surface area contributed by atoms with Crippen molar-refractivity contribution in [3.8, 4) is 64.8 Å². The molecule has 1 aliphatic heterocycles. The van der Waals surface area contributed by atoms with Crippen LogP contribution in [0.5, 0.6) is 64.8 Å². The number of benzene rings is 2. The summed E-state index contributed by atoms with van der Waals surface area (Å²) in [6.07, 6.45) is 0. The standard InChI is InChI=1S/C20H14N6O10S.C8H20N/c1-30-15-21-17-25-19(23-15)34-12-7-13(9-14(8-12)36-37(27,28)29)35-20-24-16(31-2)22-18(26-20)33-11-5-3-4-10(6-11)32-17;1-5-9(6-2,7-3)8-4/h3-9H,1-2H3,(H,27,28,29);5-8H2,1-4H3/q;+1/p-1. The Kier molecular flexibility index (Phi) is 10.9. The second-order valence-corrected chi connectivity index (χ2v) is 10.4. The maximum atomic E-state index is 11.2. The molecule has 1 aliphatic rings. The Morgan fingerprint density at radius 2 is 1.00 bits per heavy atom. The van der Waals surface area contributed by atoms with Gasteiger partial charge in [0.2, 0.25) is 0 Å². The Morgan fingerprint density at radius 1 is 0.630 bits per heavy atom. The Balaban J connectivity index is 0.000000468. The fourth-order valence-electron chi connectivity index (χ4n) is 4.20. The van der Waals surface area contributed by atoms with E-state index in [1.807, 2.05) is 0 Å². The number of fused-ring (bicyclic) bond motifs is 8. The van der Waals surface area contributed by atoms with Gasteiger partial charge in [0.25, 0.3) is 10.4 Å². The van der Waals surface area contributed by atoms with Crippen LogP contribution in [0.2, 0.25) is 0 Å². The van der Waals surface area contributed by atoms with E-state index in [4.69, 9.17) is 28.4 Å². The first-order valence-corrected chi connectivity index (χ1v) is 15.4. The van der Waals surface area contributed by atoms with Gasteiger partial charge in [-0.2, -0.15) is 0 Å². The summed E-state index contributed by atoms with van der Waals surface area (Å²) in [5.74, 6) is -0.142. The molecule has 0 saturated heterocycles. The molecule has 0 amide bonds. The van der Waals surface area contributed by atoms with Gasteiger partial charge in [-0.25, -0.2) is 8.42 Å². The van der Waals surface area contributed by atoms with E-state index in [0.717, 1.165) is 12.1 Å². The molecular formula is C28H33N7O10S. The van der Waals surface area contributed by atoms with Gasteiger partial charge < -0.3 is 41.6 Å². The molecule has 4 aromatic rings. The lowest BCUT2D eigenvalue weighted by Gasteiger charge is -2.34. The predicted octanol–water partition coefficient (Wildman–Crippen LogP) is 4.28. The third kappa shape index (κ3) is 9.22. The van der Waals surface area contributed by atoms with Gasteiger partial charge in [-0.05, 0) is 39.8 Å².